The van der Waals surface area contributed by atoms with Crippen molar-refractivity contribution < 1.29 is 9.53 Å². The van der Waals surface area contributed by atoms with Gasteiger partial charge in [-0.05, 0) is 17.7 Å². The van der Waals surface area contributed by atoms with E-state index in [1.807, 2.05) is 60.7 Å². The average Bonchev–Trinajstić information content (AvgIpc) is 2.44. The number of amides is 1. The van der Waals surface area contributed by atoms with Gasteiger partial charge in [-0.1, -0.05) is 48.5 Å². The Morgan fingerprint density at radius 1 is 0.889 bits per heavy atom. The van der Waals surface area contributed by atoms with Crippen LogP contribution in [0.4, 0.5) is 0 Å². The number of carbonyl (C=O) groups is 1. The summed E-state index contributed by atoms with van der Waals surface area (Å²) in [5.74, 6) is 0.658. The molecule has 3 heteroatoms. The summed E-state index contributed by atoms with van der Waals surface area (Å²) in [6.45, 7) is 0. The number of hydrogen-bond acceptors (Lipinski definition) is 2. The highest BCUT2D eigenvalue weighted by Crippen LogP contribution is 2.28. The highest BCUT2D eigenvalue weighted by molar-refractivity contribution is 5.89. The lowest BCUT2D eigenvalue weighted by molar-refractivity contribution is -0.140. The predicted octanol–water partition coefficient (Wildman–Crippen LogP) is 2.31. The maximum Gasteiger partial charge on any atom is 0.264 e. The minimum Gasteiger partial charge on any atom is -0.478 e. The van der Waals surface area contributed by atoms with Gasteiger partial charge in [0.25, 0.3) is 5.91 Å². The molecule has 1 amide bonds. The van der Waals surface area contributed by atoms with Crippen molar-refractivity contribution in [1.29, 1.82) is 0 Å². The van der Waals surface area contributed by atoms with Crippen LogP contribution in [0.25, 0.3) is 0 Å². The van der Waals surface area contributed by atoms with Gasteiger partial charge in [0.2, 0.25) is 6.10 Å². The standard InChI is InChI=1S/C15H13NO2/c17-15-14(18-12-9-5-2-6-10-12)13(16-15)11-7-3-1-4-8-11/h1-10,13-14H,(H,16,17). The second-order valence-electron chi connectivity index (χ2n) is 4.25. The van der Waals surface area contributed by atoms with Gasteiger partial charge in [-0.2, -0.15) is 0 Å². The van der Waals surface area contributed by atoms with E-state index in [9.17, 15) is 4.79 Å². The van der Waals surface area contributed by atoms with E-state index in [0.29, 0.717) is 0 Å². The zero-order chi connectivity index (χ0) is 12.4. The van der Waals surface area contributed by atoms with E-state index in [1.54, 1.807) is 0 Å². The molecule has 2 atom stereocenters. The quantitative estimate of drug-likeness (QED) is 0.835. The highest BCUT2D eigenvalue weighted by Gasteiger charge is 2.42. The van der Waals surface area contributed by atoms with Crippen LogP contribution < -0.4 is 10.1 Å². The molecule has 0 saturated carbocycles. The molecule has 0 aliphatic carbocycles. The summed E-state index contributed by atoms with van der Waals surface area (Å²) in [5.41, 5.74) is 1.07. The second-order valence-corrected chi connectivity index (χ2v) is 4.25. The third-order valence-corrected chi connectivity index (χ3v) is 3.02. The molecule has 2 unspecified atom stereocenters. The minimum absolute atomic E-state index is 0.0566. The first-order chi connectivity index (χ1) is 8.84. The molecule has 0 spiro atoms. The minimum atomic E-state index is -0.435. The van der Waals surface area contributed by atoms with Crippen LogP contribution in [0.5, 0.6) is 5.75 Å². The third-order valence-electron chi connectivity index (χ3n) is 3.02. The average molecular weight is 239 g/mol. The van der Waals surface area contributed by atoms with Gasteiger partial charge in [-0.3, -0.25) is 4.79 Å². The summed E-state index contributed by atoms with van der Waals surface area (Å²) in [5, 5.41) is 2.87. The van der Waals surface area contributed by atoms with Crippen molar-refractivity contribution >= 4 is 5.91 Å². The van der Waals surface area contributed by atoms with E-state index in [-0.39, 0.29) is 11.9 Å². The Kier molecular flexibility index (Phi) is 2.73. The highest BCUT2D eigenvalue weighted by atomic mass is 16.5. The first-order valence-electron chi connectivity index (χ1n) is 5.91. The van der Waals surface area contributed by atoms with E-state index in [0.717, 1.165) is 11.3 Å². The molecule has 0 radical (unpaired) electrons. The molecule has 90 valence electrons. The molecule has 3 nitrogen and oxygen atoms in total. The Bertz CT molecular complexity index is 539. The molecule has 3 rings (SSSR count). The summed E-state index contributed by atoms with van der Waals surface area (Å²) in [4.78, 5) is 11.6. The van der Waals surface area contributed by atoms with E-state index < -0.39 is 6.10 Å². The smallest absolute Gasteiger partial charge is 0.264 e. The molecule has 18 heavy (non-hydrogen) atoms. The number of para-hydroxylation sites is 1. The summed E-state index contributed by atoms with van der Waals surface area (Å²) >= 11 is 0. The van der Waals surface area contributed by atoms with E-state index in [1.165, 1.54) is 0 Å². The molecule has 1 N–H and O–H groups in total. The number of nitrogens with one attached hydrogen (secondary N) is 1. The number of ether oxygens (including phenoxy) is 1. The molecule has 0 bridgehead atoms. The van der Waals surface area contributed by atoms with Gasteiger partial charge < -0.3 is 10.1 Å². The van der Waals surface area contributed by atoms with Gasteiger partial charge in [0, 0.05) is 0 Å². The van der Waals surface area contributed by atoms with Gasteiger partial charge in [0.05, 0.1) is 0 Å². The molecular formula is C15H13NO2. The Hall–Kier alpha value is -2.29. The van der Waals surface area contributed by atoms with Gasteiger partial charge in [0.1, 0.15) is 11.8 Å². The van der Waals surface area contributed by atoms with Crippen LogP contribution in [0.15, 0.2) is 60.7 Å². The number of hydrogen-bond donors (Lipinski definition) is 1. The monoisotopic (exact) mass is 239 g/mol. The zero-order valence-electron chi connectivity index (χ0n) is 9.74. The Morgan fingerprint density at radius 2 is 1.50 bits per heavy atom. The van der Waals surface area contributed by atoms with Crippen molar-refractivity contribution in [3.8, 4) is 5.75 Å². The second kappa shape index (κ2) is 4.53. The van der Waals surface area contributed by atoms with Crippen LogP contribution in [0.3, 0.4) is 0 Å². The van der Waals surface area contributed by atoms with E-state index in [2.05, 4.69) is 5.32 Å². The van der Waals surface area contributed by atoms with Crippen molar-refractivity contribution in [1.82, 2.24) is 5.32 Å². The Balaban J connectivity index is 1.77. The molecule has 0 aromatic heterocycles. The van der Waals surface area contributed by atoms with Gasteiger partial charge >= 0.3 is 0 Å². The Morgan fingerprint density at radius 3 is 2.11 bits per heavy atom. The van der Waals surface area contributed by atoms with Crippen LogP contribution in [0.2, 0.25) is 0 Å². The fourth-order valence-electron chi connectivity index (χ4n) is 2.05. The van der Waals surface area contributed by atoms with Gasteiger partial charge in [0.15, 0.2) is 0 Å². The van der Waals surface area contributed by atoms with E-state index >= 15 is 0 Å². The van der Waals surface area contributed by atoms with Crippen molar-refractivity contribution in [3.63, 3.8) is 0 Å². The number of carbonyl (C=O) groups excluding carboxylic acids is 1. The summed E-state index contributed by atoms with van der Waals surface area (Å²) in [6.07, 6.45) is -0.435. The fraction of sp³-hybridized carbons (Fsp3) is 0.133. The SMILES string of the molecule is O=C1NC(c2ccccc2)C1Oc1ccccc1. The molecule has 1 aliphatic rings. The van der Waals surface area contributed by atoms with Crippen molar-refractivity contribution in [2.45, 2.75) is 12.1 Å². The number of β-lactam (4-membered cyclic amide) rings is 1. The molecule has 1 aliphatic heterocycles. The molecular weight excluding hydrogens is 226 g/mol. The predicted molar refractivity (Wildman–Crippen MR) is 68.2 cm³/mol. The maximum absolute atomic E-state index is 11.6. The summed E-state index contributed by atoms with van der Waals surface area (Å²) in [7, 11) is 0. The fourth-order valence-corrected chi connectivity index (χ4v) is 2.05. The Labute approximate surface area is 105 Å². The van der Waals surface area contributed by atoms with Gasteiger partial charge in [-0.25, -0.2) is 0 Å². The lowest BCUT2D eigenvalue weighted by Gasteiger charge is -2.36. The largest absolute Gasteiger partial charge is 0.478 e. The number of rotatable bonds is 3. The zero-order valence-corrected chi connectivity index (χ0v) is 9.74. The number of benzene rings is 2. The van der Waals surface area contributed by atoms with Crippen molar-refractivity contribution in [2.24, 2.45) is 0 Å². The first kappa shape index (κ1) is 10.8. The maximum atomic E-state index is 11.6. The molecule has 2 aromatic carbocycles. The van der Waals surface area contributed by atoms with Crippen LogP contribution in [-0.4, -0.2) is 12.0 Å². The van der Waals surface area contributed by atoms with Crippen molar-refractivity contribution in [3.05, 3.63) is 66.2 Å². The normalized spacial score (nSPS) is 21.9. The van der Waals surface area contributed by atoms with Crippen LogP contribution in [-0.2, 0) is 4.79 Å². The third kappa shape index (κ3) is 1.95. The summed E-state index contributed by atoms with van der Waals surface area (Å²) < 4.78 is 5.72. The topological polar surface area (TPSA) is 38.3 Å². The lowest BCUT2D eigenvalue weighted by Crippen LogP contribution is -2.58. The van der Waals surface area contributed by atoms with Crippen LogP contribution in [0.1, 0.15) is 11.6 Å². The molecule has 1 fully saturated rings. The van der Waals surface area contributed by atoms with Crippen molar-refractivity contribution in [2.75, 3.05) is 0 Å². The summed E-state index contributed by atoms with van der Waals surface area (Å²) in [6, 6.07) is 19.2. The molecule has 1 heterocycles. The van der Waals surface area contributed by atoms with Crippen LogP contribution >= 0.6 is 0 Å². The molecule has 2 aromatic rings. The lowest BCUT2D eigenvalue weighted by atomic mass is 9.94. The molecule has 1 saturated heterocycles. The van der Waals surface area contributed by atoms with Crippen LogP contribution in [0, 0.1) is 0 Å². The van der Waals surface area contributed by atoms with Gasteiger partial charge in [-0.15, -0.1) is 0 Å². The first-order valence-corrected chi connectivity index (χ1v) is 5.91. The van der Waals surface area contributed by atoms with E-state index in [4.69, 9.17) is 4.74 Å².